The van der Waals surface area contributed by atoms with Crippen LogP contribution >= 0.6 is 11.6 Å². The minimum absolute atomic E-state index is 0.147. The number of hydrogen-bond acceptors (Lipinski definition) is 3. The summed E-state index contributed by atoms with van der Waals surface area (Å²) in [7, 11) is 1.58. The summed E-state index contributed by atoms with van der Waals surface area (Å²) < 4.78 is 9.61. The van der Waals surface area contributed by atoms with Crippen molar-refractivity contribution in [2.24, 2.45) is 0 Å². The van der Waals surface area contributed by atoms with Gasteiger partial charge in [0.15, 0.2) is 0 Å². The van der Waals surface area contributed by atoms with Crippen molar-refractivity contribution < 1.29 is 14.3 Å². The minimum atomic E-state index is -0.147. The highest BCUT2D eigenvalue weighted by Gasteiger charge is 2.01. The van der Waals surface area contributed by atoms with Gasteiger partial charge in [-0.15, -0.1) is 11.6 Å². The molecule has 0 aromatic carbocycles. The molecule has 0 unspecified atom stereocenters. The van der Waals surface area contributed by atoms with Crippen LogP contribution in [0.4, 0.5) is 0 Å². The summed E-state index contributed by atoms with van der Waals surface area (Å²) in [5.41, 5.74) is 0. The molecule has 0 aliphatic heterocycles. The molecule has 0 fully saturated rings. The number of unbranched alkanes of at least 4 members (excludes halogenated alkanes) is 2. The Morgan fingerprint density at radius 3 is 2.62 bits per heavy atom. The van der Waals surface area contributed by atoms with Crippen LogP contribution in [0.5, 0.6) is 0 Å². The number of methoxy groups -OCH3 is 1. The maximum atomic E-state index is 11.0. The van der Waals surface area contributed by atoms with Gasteiger partial charge in [-0.1, -0.05) is 6.42 Å². The lowest BCUT2D eigenvalue weighted by molar-refractivity contribution is -0.145. The van der Waals surface area contributed by atoms with Gasteiger partial charge in [0.1, 0.15) is 6.61 Å². The van der Waals surface area contributed by atoms with Crippen molar-refractivity contribution >= 4 is 17.6 Å². The Morgan fingerprint density at radius 1 is 1.23 bits per heavy atom. The fraction of sp³-hybridized carbons (Fsp3) is 0.889. The topological polar surface area (TPSA) is 35.5 Å². The predicted octanol–water partition coefficient (Wildman–Crippen LogP) is 1.98. The van der Waals surface area contributed by atoms with Crippen molar-refractivity contribution in [1.82, 2.24) is 0 Å². The maximum Gasteiger partial charge on any atom is 0.305 e. The molecular weight excluding hydrogens is 192 g/mol. The second-order valence-corrected chi connectivity index (χ2v) is 3.09. The van der Waals surface area contributed by atoms with E-state index in [2.05, 4.69) is 0 Å². The Kier molecular flexibility index (Phi) is 9.59. The molecule has 0 atom stereocenters. The van der Waals surface area contributed by atoms with Crippen LogP contribution in [-0.2, 0) is 14.3 Å². The van der Waals surface area contributed by atoms with E-state index in [1.54, 1.807) is 7.11 Å². The fourth-order valence-electron chi connectivity index (χ4n) is 0.852. The minimum Gasteiger partial charge on any atom is -0.463 e. The third kappa shape index (κ3) is 9.64. The van der Waals surface area contributed by atoms with Gasteiger partial charge in [0.05, 0.1) is 6.61 Å². The van der Waals surface area contributed by atoms with E-state index in [4.69, 9.17) is 21.1 Å². The number of carbonyl (C=O) groups is 1. The van der Waals surface area contributed by atoms with Crippen molar-refractivity contribution in [3.8, 4) is 0 Å². The number of ether oxygens (including phenoxy) is 2. The summed E-state index contributed by atoms with van der Waals surface area (Å²) in [6, 6.07) is 0. The van der Waals surface area contributed by atoms with Gasteiger partial charge in [-0.05, 0) is 12.8 Å². The van der Waals surface area contributed by atoms with Gasteiger partial charge >= 0.3 is 5.97 Å². The first-order chi connectivity index (χ1) is 6.31. The first-order valence-electron chi connectivity index (χ1n) is 4.51. The number of carbonyl (C=O) groups excluding carboxylic acids is 1. The standard InChI is InChI=1S/C9H17ClO3/c1-12-7-8-13-9(11)5-3-2-4-6-10/h2-8H2,1H3. The Labute approximate surface area is 84.4 Å². The molecule has 0 aromatic heterocycles. The maximum absolute atomic E-state index is 11.0. The third-order valence-corrected chi connectivity index (χ3v) is 1.83. The molecule has 0 saturated heterocycles. The molecule has 3 nitrogen and oxygen atoms in total. The lowest BCUT2D eigenvalue weighted by Gasteiger charge is -2.03. The van der Waals surface area contributed by atoms with Gasteiger partial charge in [0.25, 0.3) is 0 Å². The molecule has 0 radical (unpaired) electrons. The molecule has 0 rings (SSSR count). The summed E-state index contributed by atoms with van der Waals surface area (Å²) in [6.45, 7) is 0.818. The van der Waals surface area contributed by atoms with Crippen LogP contribution in [0.1, 0.15) is 25.7 Å². The van der Waals surface area contributed by atoms with Crippen LogP contribution in [0.15, 0.2) is 0 Å². The van der Waals surface area contributed by atoms with Gasteiger partial charge in [-0.2, -0.15) is 0 Å². The summed E-state index contributed by atoms with van der Waals surface area (Å²) in [5.74, 6) is 0.519. The molecule has 0 saturated carbocycles. The van der Waals surface area contributed by atoms with Crippen LogP contribution in [0.2, 0.25) is 0 Å². The molecule has 78 valence electrons. The van der Waals surface area contributed by atoms with Crippen molar-refractivity contribution in [3.05, 3.63) is 0 Å². The quantitative estimate of drug-likeness (QED) is 0.348. The molecule has 4 heteroatoms. The largest absolute Gasteiger partial charge is 0.463 e. The summed E-state index contributed by atoms with van der Waals surface area (Å²) in [6.07, 6.45) is 3.30. The van der Waals surface area contributed by atoms with E-state index in [0.717, 1.165) is 19.3 Å². The second-order valence-electron chi connectivity index (χ2n) is 2.71. The highest BCUT2D eigenvalue weighted by Crippen LogP contribution is 2.02. The molecule has 0 amide bonds. The molecular formula is C9H17ClO3. The molecule has 0 heterocycles. The van der Waals surface area contributed by atoms with Crippen LogP contribution in [0, 0.1) is 0 Å². The van der Waals surface area contributed by atoms with Crippen LogP contribution in [0.3, 0.4) is 0 Å². The first kappa shape index (κ1) is 12.7. The van der Waals surface area contributed by atoms with Gasteiger partial charge in [0.2, 0.25) is 0 Å². The number of esters is 1. The normalized spacial score (nSPS) is 10.0. The van der Waals surface area contributed by atoms with Crippen LogP contribution in [-0.4, -0.2) is 32.2 Å². The highest BCUT2D eigenvalue weighted by atomic mass is 35.5. The van der Waals surface area contributed by atoms with Gasteiger partial charge in [-0.3, -0.25) is 4.79 Å². The smallest absolute Gasteiger partial charge is 0.305 e. The zero-order valence-corrected chi connectivity index (χ0v) is 8.81. The molecule has 0 aromatic rings. The number of rotatable bonds is 8. The van der Waals surface area contributed by atoms with Crippen LogP contribution < -0.4 is 0 Å². The zero-order chi connectivity index (χ0) is 9.94. The fourth-order valence-corrected chi connectivity index (χ4v) is 1.04. The highest BCUT2D eigenvalue weighted by molar-refractivity contribution is 6.17. The van der Waals surface area contributed by atoms with Crippen LogP contribution in [0.25, 0.3) is 0 Å². The Bertz CT molecular complexity index is 128. The van der Waals surface area contributed by atoms with E-state index in [1.165, 1.54) is 0 Å². The number of hydrogen-bond donors (Lipinski definition) is 0. The lowest BCUT2D eigenvalue weighted by Crippen LogP contribution is -2.09. The van der Waals surface area contributed by atoms with Crippen molar-refractivity contribution in [3.63, 3.8) is 0 Å². The Hall–Kier alpha value is -0.280. The zero-order valence-electron chi connectivity index (χ0n) is 8.05. The van der Waals surface area contributed by atoms with Crippen molar-refractivity contribution in [2.75, 3.05) is 26.2 Å². The van der Waals surface area contributed by atoms with Crippen molar-refractivity contribution in [1.29, 1.82) is 0 Å². The summed E-state index contributed by atoms with van der Waals surface area (Å²) >= 11 is 5.49. The monoisotopic (exact) mass is 208 g/mol. The third-order valence-electron chi connectivity index (χ3n) is 1.57. The van der Waals surface area contributed by atoms with Crippen molar-refractivity contribution in [2.45, 2.75) is 25.7 Å². The average molecular weight is 209 g/mol. The Balaban J connectivity index is 3.11. The molecule has 13 heavy (non-hydrogen) atoms. The van der Waals surface area contributed by atoms with Gasteiger partial charge < -0.3 is 9.47 Å². The second kappa shape index (κ2) is 9.81. The molecule has 0 N–H and O–H groups in total. The van der Waals surface area contributed by atoms with Gasteiger partial charge in [0, 0.05) is 19.4 Å². The van der Waals surface area contributed by atoms with E-state index in [9.17, 15) is 4.79 Å². The van der Waals surface area contributed by atoms with Gasteiger partial charge in [-0.25, -0.2) is 0 Å². The summed E-state index contributed by atoms with van der Waals surface area (Å²) in [5, 5.41) is 0. The van der Waals surface area contributed by atoms with E-state index in [0.29, 0.717) is 25.5 Å². The van der Waals surface area contributed by atoms with E-state index in [1.807, 2.05) is 0 Å². The summed E-state index contributed by atoms with van der Waals surface area (Å²) in [4.78, 5) is 11.0. The molecule has 0 aliphatic carbocycles. The SMILES string of the molecule is COCCOC(=O)CCCCCCl. The Morgan fingerprint density at radius 2 is 2.00 bits per heavy atom. The first-order valence-corrected chi connectivity index (χ1v) is 5.05. The van der Waals surface area contributed by atoms with E-state index >= 15 is 0 Å². The average Bonchev–Trinajstić information content (AvgIpc) is 2.13. The van der Waals surface area contributed by atoms with E-state index in [-0.39, 0.29) is 5.97 Å². The molecule has 0 spiro atoms. The lowest BCUT2D eigenvalue weighted by atomic mass is 10.2. The van der Waals surface area contributed by atoms with E-state index < -0.39 is 0 Å². The predicted molar refractivity (Wildman–Crippen MR) is 52.0 cm³/mol. The molecule has 0 bridgehead atoms. The molecule has 0 aliphatic rings. The number of halogens is 1. The number of alkyl halides is 1.